The number of primary amides is 1. The zero-order chi connectivity index (χ0) is 25.3. The number of nitrogens with two attached hydrogens (primary N) is 1. The van der Waals surface area contributed by atoms with Crippen LogP contribution < -0.4 is 11.1 Å². The third-order valence-electron chi connectivity index (χ3n) is 5.38. The van der Waals surface area contributed by atoms with Crippen molar-refractivity contribution in [1.82, 2.24) is 20.1 Å². The van der Waals surface area contributed by atoms with Crippen molar-refractivity contribution in [3.05, 3.63) is 87.8 Å². The van der Waals surface area contributed by atoms with Gasteiger partial charge in [0.15, 0.2) is 0 Å². The number of H-pyrrole nitrogens is 1. The van der Waals surface area contributed by atoms with E-state index in [4.69, 9.17) is 28.9 Å². The number of rotatable bonds is 7. The van der Waals surface area contributed by atoms with E-state index < -0.39 is 29.5 Å². The predicted octanol–water partition coefficient (Wildman–Crippen LogP) is 5.01. The summed E-state index contributed by atoms with van der Waals surface area (Å²) in [5.41, 5.74) is 7.35. The van der Waals surface area contributed by atoms with Crippen molar-refractivity contribution < 1.29 is 18.4 Å². The van der Waals surface area contributed by atoms with Crippen LogP contribution in [-0.4, -0.2) is 26.6 Å². The Kier molecular flexibility index (Phi) is 6.90. The first-order chi connectivity index (χ1) is 16.6. The average molecular weight is 518 g/mol. The lowest BCUT2D eigenvalue weighted by molar-refractivity contribution is -0.118. The summed E-state index contributed by atoms with van der Waals surface area (Å²) < 4.78 is 30.2. The van der Waals surface area contributed by atoms with E-state index in [1.165, 1.54) is 30.5 Å². The molecule has 0 aliphatic carbocycles. The zero-order valence-corrected chi connectivity index (χ0v) is 19.8. The summed E-state index contributed by atoms with van der Waals surface area (Å²) in [6.45, 7) is 0. The van der Waals surface area contributed by atoms with E-state index in [-0.39, 0.29) is 33.2 Å². The third-order valence-corrected chi connectivity index (χ3v) is 5.90. The second-order valence-electron chi connectivity index (χ2n) is 7.85. The van der Waals surface area contributed by atoms with Crippen molar-refractivity contribution in [2.24, 2.45) is 12.8 Å². The smallest absolute Gasteiger partial charge is 0.253 e. The van der Waals surface area contributed by atoms with E-state index >= 15 is 0 Å². The number of aromatic nitrogens is 3. The van der Waals surface area contributed by atoms with Gasteiger partial charge in [0.1, 0.15) is 11.6 Å². The Morgan fingerprint density at radius 3 is 2.57 bits per heavy atom. The van der Waals surface area contributed by atoms with Crippen molar-refractivity contribution in [3.63, 3.8) is 0 Å². The van der Waals surface area contributed by atoms with Gasteiger partial charge in [-0.25, -0.2) is 8.78 Å². The van der Waals surface area contributed by atoms with Crippen LogP contribution in [0.5, 0.6) is 0 Å². The Bertz CT molecular complexity index is 1430. The molecule has 0 saturated heterocycles. The second-order valence-corrected chi connectivity index (χ2v) is 8.69. The molecule has 0 fully saturated rings. The summed E-state index contributed by atoms with van der Waals surface area (Å²) in [6, 6.07) is 7.06. The lowest BCUT2D eigenvalue weighted by Crippen LogP contribution is -2.32. The van der Waals surface area contributed by atoms with E-state index in [1.54, 1.807) is 24.1 Å². The van der Waals surface area contributed by atoms with Gasteiger partial charge in [-0.15, -0.1) is 0 Å². The van der Waals surface area contributed by atoms with Gasteiger partial charge in [0.2, 0.25) is 5.91 Å². The second kappa shape index (κ2) is 9.89. The number of halogens is 4. The van der Waals surface area contributed by atoms with Crippen LogP contribution in [0.4, 0.5) is 8.78 Å². The van der Waals surface area contributed by atoms with E-state index in [9.17, 15) is 18.4 Å². The van der Waals surface area contributed by atoms with Gasteiger partial charge in [0.05, 0.1) is 34.9 Å². The molecule has 4 rings (SSSR count). The van der Waals surface area contributed by atoms with Crippen LogP contribution in [0.25, 0.3) is 22.4 Å². The minimum absolute atomic E-state index is 0.104. The molecule has 2 heterocycles. The van der Waals surface area contributed by atoms with Crippen LogP contribution in [0.2, 0.25) is 10.0 Å². The van der Waals surface area contributed by atoms with Gasteiger partial charge in [-0.05, 0) is 35.9 Å². The fraction of sp³-hybridized carbons (Fsp3) is 0.125. The molecule has 180 valence electrons. The first kappa shape index (κ1) is 24.4. The Hall–Kier alpha value is -3.69. The standard InChI is InChI=1S/C24H19Cl2F2N5O2/c1-33-11-13(9-31-33)23-22(15-4-3-14(25)7-19(15)28)16(10-30-23)24(35)32-20(8-21(29)34)12-2-5-18(27)17(26)6-12/h2-7,9-11,20,30H,8H2,1H3,(H2,29,34)(H,32,35)/t20-/m0/s1. The maximum Gasteiger partial charge on any atom is 0.253 e. The number of nitrogens with zero attached hydrogens (tertiary/aromatic N) is 2. The largest absolute Gasteiger partial charge is 0.370 e. The number of benzene rings is 2. The zero-order valence-electron chi connectivity index (χ0n) is 18.3. The molecule has 0 spiro atoms. The van der Waals surface area contributed by atoms with Crippen molar-refractivity contribution in [1.29, 1.82) is 0 Å². The Morgan fingerprint density at radius 2 is 1.94 bits per heavy atom. The molecule has 4 aromatic rings. The molecule has 0 unspecified atom stereocenters. The topological polar surface area (TPSA) is 106 Å². The monoisotopic (exact) mass is 517 g/mol. The highest BCUT2D eigenvalue weighted by Crippen LogP contribution is 2.37. The minimum Gasteiger partial charge on any atom is -0.370 e. The molecule has 2 amide bonds. The van der Waals surface area contributed by atoms with E-state index in [2.05, 4.69) is 15.4 Å². The number of hydrogen-bond acceptors (Lipinski definition) is 3. The molecule has 0 aliphatic rings. The van der Waals surface area contributed by atoms with Gasteiger partial charge in [-0.1, -0.05) is 29.3 Å². The third kappa shape index (κ3) is 5.21. The maximum atomic E-state index is 15.0. The average Bonchev–Trinajstić information content (AvgIpc) is 3.41. The molecule has 1 atom stereocenters. The number of aryl methyl sites for hydroxylation is 1. The van der Waals surface area contributed by atoms with Gasteiger partial charge in [0.25, 0.3) is 5.91 Å². The molecule has 2 aromatic carbocycles. The lowest BCUT2D eigenvalue weighted by atomic mass is 9.97. The SMILES string of the molecule is Cn1cc(-c2[nH]cc(C(=O)N[C@@H](CC(N)=O)c3ccc(F)c(Cl)c3)c2-c2ccc(Cl)cc2F)cn1. The molecule has 4 N–H and O–H groups in total. The maximum absolute atomic E-state index is 15.0. The van der Waals surface area contributed by atoms with Crippen molar-refractivity contribution in [2.75, 3.05) is 0 Å². The van der Waals surface area contributed by atoms with Gasteiger partial charge in [-0.3, -0.25) is 14.3 Å². The van der Waals surface area contributed by atoms with E-state index in [0.29, 0.717) is 16.8 Å². The summed E-state index contributed by atoms with van der Waals surface area (Å²) in [4.78, 5) is 28.1. The normalized spacial score (nSPS) is 11.9. The lowest BCUT2D eigenvalue weighted by Gasteiger charge is -2.19. The van der Waals surface area contributed by atoms with E-state index in [1.807, 2.05) is 0 Å². The van der Waals surface area contributed by atoms with Crippen LogP contribution in [0.3, 0.4) is 0 Å². The molecule has 0 bridgehead atoms. The summed E-state index contributed by atoms with van der Waals surface area (Å²) in [6.07, 6.45) is 4.45. The van der Waals surface area contributed by atoms with Crippen molar-refractivity contribution in [3.8, 4) is 22.4 Å². The van der Waals surface area contributed by atoms with Crippen LogP contribution in [0, 0.1) is 11.6 Å². The van der Waals surface area contributed by atoms with Crippen molar-refractivity contribution in [2.45, 2.75) is 12.5 Å². The number of carbonyl (C=O) groups excluding carboxylic acids is 2. The molecule has 11 heteroatoms. The number of amides is 2. The molecule has 0 radical (unpaired) electrons. The van der Waals surface area contributed by atoms with Crippen LogP contribution >= 0.6 is 23.2 Å². The number of carbonyl (C=O) groups is 2. The molecule has 2 aromatic heterocycles. The highest BCUT2D eigenvalue weighted by molar-refractivity contribution is 6.31. The quantitative estimate of drug-likeness (QED) is 0.320. The number of aromatic amines is 1. The summed E-state index contributed by atoms with van der Waals surface area (Å²) in [5.74, 6) is -2.58. The first-order valence-electron chi connectivity index (χ1n) is 10.3. The highest BCUT2D eigenvalue weighted by atomic mass is 35.5. The summed E-state index contributed by atoms with van der Waals surface area (Å²) in [5, 5.41) is 6.90. The van der Waals surface area contributed by atoms with Crippen LogP contribution in [-0.2, 0) is 11.8 Å². The van der Waals surface area contributed by atoms with E-state index in [0.717, 1.165) is 12.1 Å². The van der Waals surface area contributed by atoms with Crippen LogP contribution in [0.1, 0.15) is 28.4 Å². The summed E-state index contributed by atoms with van der Waals surface area (Å²) >= 11 is 11.8. The Labute approximate surface area is 208 Å². The van der Waals surface area contributed by atoms with Gasteiger partial charge in [0, 0.05) is 41.2 Å². The molecule has 35 heavy (non-hydrogen) atoms. The predicted molar refractivity (Wildman–Crippen MR) is 129 cm³/mol. The van der Waals surface area contributed by atoms with Gasteiger partial charge >= 0.3 is 0 Å². The number of hydrogen-bond donors (Lipinski definition) is 3. The molecular weight excluding hydrogens is 499 g/mol. The van der Waals surface area contributed by atoms with Crippen molar-refractivity contribution >= 4 is 35.0 Å². The number of nitrogens with one attached hydrogen (secondary N) is 2. The molecule has 0 saturated carbocycles. The molecular formula is C24H19Cl2F2N5O2. The fourth-order valence-electron chi connectivity index (χ4n) is 3.77. The Balaban J connectivity index is 1.79. The minimum atomic E-state index is -0.905. The first-order valence-corrected chi connectivity index (χ1v) is 11.1. The highest BCUT2D eigenvalue weighted by Gasteiger charge is 2.26. The van der Waals surface area contributed by atoms with Crippen LogP contribution in [0.15, 0.2) is 55.0 Å². The fourth-order valence-corrected chi connectivity index (χ4v) is 4.12. The molecule has 7 nitrogen and oxygen atoms in total. The Morgan fingerprint density at radius 1 is 1.17 bits per heavy atom. The van der Waals surface area contributed by atoms with Gasteiger partial charge < -0.3 is 16.0 Å². The molecule has 0 aliphatic heterocycles. The summed E-state index contributed by atoms with van der Waals surface area (Å²) in [7, 11) is 1.73. The van der Waals surface area contributed by atoms with Gasteiger partial charge in [-0.2, -0.15) is 5.10 Å².